The van der Waals surface area contributed by atoms with Crippen molar-refractivity contribution in [1.82, 2.24) is 5.32 Å². The predicted octanol–water partition coefficient (Wildman–Crippen LogP) is 1.15. The minimum atomic E-state index is -0.554. The van der Waals surface area contributed by atoms with Crippen molar-refractivity contribution in [2.24, 2.45) is 0 Å². The van der Waals surface area contributed by atoms with Gasteiger partial charge in [-0.1, -0.05) is 18.2 Å². The van der Waals surface area contributed by atoms with E-state index in [4.69, 9.17) is 14.2 Å². The largest absolute Gasteiger partial charge is 0.496 e. The van der Waals surface area contributed by atoms with E-state index in [1.54, 1.807) is 14.2 Å². The molecule has 0 aliphatic carbocycles. The molecule has 0 amide bonds. The molecule has 100 valence electrons. The minimum absolute atomic E-state index is 0.351. The van der Waals surface area contributed by atoms with Crippen molar-refractivity contribution in [3.8, 4) is 5.75 Å². The molecule has 0 aromatic heterocycles. The molecule has 0 aliphatic heterocycles. The van der Waals surface area contributed by atoms with Crippen LogP contribution in [0.4, 0.5) is 0 Å². The molecule has 0 spiro atoms. The highest BCUT2D eigenvalue weighted by molar-refractivity contribution is 5.78. The Balaban J connectivity index is 2.90. The summed E-state index contributed by atoms with van der Waals surface area (Å²) in [5, 5.41) is 3.08. The second kappa shape index (κ2) is 7.68. The Bertz CT molecular complexity index is 381. The van der Waals surface area contributed by atoms with Gasteiger partial charge < -0.3 is 14.2 Å². The number of para-hydroxylation sites is 1. The first-order valence-electron chi connectivity index (χ1n) is 5.67. The standard InChI is InChI=1S/C13H19NO4/c1-16-9-8-14-12(13(15)18-3)10-6-4-5-7-11(10)17-2/h4-7,12,14H,8-9H2,1-3H3. The summed E-state index contributed by atoms with van der Waals surface area (Å²) in [4.78, 5) is 11.8. The first kappa shape index (κ1) is 14.5. The molecule has 0 saturated carbocycles. The molecule has 1 aromatic carbocycles. The van der Waals surface area contributed by atoms with Gasteiger partial charge in [-0.3, -0.25) is 5.32 Å². The Kier molecular flexibility index (Phi) is 6.18. The number of esters is 1. The number of benzene rings is 1. The van der Waals surface area contributed by atoms with Gasteiger partial charge in [0.1, 0.15) is 11.8 Å². The third kappa shape index (κ3) is 3.72. The normalized spacial score (nSPS) is 11.9. The van der Waals surface area contributed by atoms with Crippen molar-refractivity contribution in [3.63, 3.8) is 0 Å². The Labute approximate surface area is 107 Å². The van der Waals surface area contributed by atoms with Crippen LogP contribution in [0.25, 0.3) is 0 Å². The highest BCUT2D eigenvalue weighted by Crippen LogP contribution is 2.25. The molecule has 0 saturated heterocycles. The predicted molar refractivity (Wildman–Crippen MR) is 67.6 cm³/mol. The topological polar surface area (TPSA) is 56.8 Å². The summed E-state index contributed by atoms with van der Waals surface area (Å²) in [6.45, 7) is 1.07. The van der Waals surface area contributed by atoms with E-state index in [1.807, 2.05) is 24.3 Å². The quantitative estimate of drug-likeness (QED) is 0.583. The van der Waals surface area contributed by atoms with Gasteiger partial charge in [0, 0.05) is 19.2 Å². The van der Waals surface area contributed by atoms with Crippen LogP contribution in [-0.2, 0) is 14.3 Å². The average Bonchev–Trinajstić information content (AvgIpc) is 2.43. The number of carbonyl (C=O) groups excluding carboxylic acids is 1. The summed E-state index contributed by atoms with van der Waals surface area (Å²) in [6.07, 6.45) is 0. The van der Waals surface area contributed by atoms with Crippen LogP contribution in [-0.4, -0.2) is 40.5 Å². The van der Waals surface area contributed by atoms with Gasteiger partial charge in [-0.05, 0) is 6.07 Å². The fourth-order valence-corrected chi connectivity index (χ4v) is 1.65. The number of hydrogen-bond acceptors (Lipinski definition) is 5. The van der Waals surface area contributed by atoms with Crippen LogP contribution in [0.1, 0.15) is 11.6 Å². The number of hydrogen-bond donors (Lipinski definition) is 1. The van der Waals surface area contributed by atoms with Crippen LogP contribution < -0.4 is 10.1 Å². The molecule has 0 bridgehead atoms. The number of ether oxygens (including phenoxy) is 3. The Morgan fingerprint density at radius 1 is 1.28 bits per heavy atom. The molecule has 1 aromatic rings. The van der Waals surface area contributed by atoms with Gasteiger partial charge in [0.25, 0.3) is 0 Å². The molecule has 1 N–H and O–H groups in total. The molecule has 0 aliphatic rings. The molecule has 1 atom stereocenters. The molecule has 5 nitrogen and oxygen atoms in total. The maximum Gasteiger partial charge on any atom is 0.327 e. The highest BCUT2D eigenvalue weighted by atomic mass is 16.5. The number of methoxy groups -OCH3 is 3. The lowest BCUT2D eigenvalue weighted by atomic mass is 10.1. The third-order valence-electron chi connectivity index (χ3n) is 2.54. The fraction of sp³-hybridized carbons (Fsp3) is 0.462. The summed E-state index contributed by atoms with van der Waals surface area (Å²) in [7, 11) is 4.54. The molecular formula is C13H19NO4. The molecule has 5 heteroatoms. The minimum Gasteiger partial charge on any atom is -0.496 e. The lowest BCUT2D eigenvalue weighted by Crippen LogP contribution is -2.32. The summed E-state index contributed by atoms with van der Waals surface area (Å²) in [5.74, 6) is 0.299. The van der Waals surface area contributed by atoms with Crippen molar-refractivity contribution < 1.29 is 19.0 Å². The monoisotopic (exact) mass is 253 g/mol. The zero-order valence-electron chi connectivity index (χ0n) is 10.9. The number of rotatable bonds is 7. The summed E-state index contributed by atoms with van der Waals surface area (Å²) in [5.41, 5.74) is 0.753. The van der Waals surface area contributed by atoms with Gasteiger partial charge >= 0.3 is 5.97 Å². The Morgan fingerprint density at radius 2 is 2.00 bits per heavy atom. The van der Waals surface area contributed by atoms with E-state index < -0.39 is 6.04 Å². The van der Waals surface area contributed by atoms with Gasteiger partial charge in [-0.15, -0.1) is 0 Å². The zero-order valence-corrected chi connectivity index (χ0v) is 10.9. The van der Waals surface area contributed by atoms with E-state index in [9.17, 15) is 4.79 Å². The third-order valence-corrected chi connectivity index (χ3v) is 2.54. The van der Waals surface area contributed by atoms with Crippen molar-refractivity contribution >= 4 is 5.97 Å². The van der Waals surface area contributed by atoms with Crippen molar-refractivity contribution in [2.45, 2.75) is 6.04 Å². The van der Waals surface area contributed by atoms with Crippen LogP contribution >= 0.6 is 0 Å². The summed E-state index contributed by atoms with van der Waals surface area (Å²) >= 11 is 0. The molecule has 0 heterocycles. The summed E-state index contributed by atoms with van der Waals surface area (Å²) in [6, 6.07) is 6.79. The summed E-state index contributed by atoms with van der Waals surface area (Å²) < 4.78 is 15.0. The second-order valence-corrected chi connectivity index (χ2v) is 3.65. The van der Waals surface area contributed by atoms with E-state index in [1.165, 1.54) is 7.11 Å². The van der Waals surface area contributed by atoms with Gasteiger partial charge in [-0.2, -0.15) is 0 Å². The van der Waals surface area contributed by atoms with Crippen LogP contribution in [0.2, 0.25) is 0 Å². The van der Waals surface area contributed by atoms with Gasteiger partial charge in [0.05, 0.1) is 20.8 Å². The van der Waals surface area contributed by atoms with Crippen molar-refractivity contribution in [1.29, 1.82) is 0 Å². The Morgan fingerprint density at radius 3 is 2.61 bits per heavy atom. The first-order valence-corrected chi connectivity index (χ1v) is 5.67. The van der Waals surface area contributed by atoms with Gasteiger partial charge in [-0.25, -0.2) is 4.79 Å². The van der Waals surface area contributed by atoms with Crippen molar-refractivity contribution in [3.05, 3.63) is 29.8 Å². The SMILES string of the molecule is COCCNC(C(=O)OC)c1ccccc1OC. The van der Waals surface area contributed by atoms with E-state index in [0.29, 0.717) is 18.9 Å². The fourth-order valence-electron chi connectivity index (χ4n) is 1.65. The molecular weight excluding hydrogens is 234 g/mol. The average molecular weight is 253 g/mol. The molecule has 1 unspecified atom stereocenters. The Hall–Kier alpha value is -1.59. The van der Waals surface area contributed by atoms with E-state index in [-0.39, 0.29) is 5.97 Å². The highest BCUT2D eigenvalue weighted by Gasteiger charge is 2.23. The molecule has 0 radical (unpaired) electrons. The molecule has 1 rings (SSSR count). The van der Waals surface area contributed by atoms with Crippen LogP contribution in [0.15, 0.2) is 24.3 Å². The smallest absolute Gasteiger partial charge is 0.327 e. The molecule has 18 heavy (non-hydrogen) atoms. The maximum atomic E-state index is 11.8. The molecule has 0 fully saturated rings. The maximum absolute atomic E-state index is 11.8. The van der Waals surface area contributed by atoms with E-state index in [0.717, 1.165) is 5.56 Å². The van der Waals surface area contributed by atoms with Crippen LogP contribution in [0.3, 0.4) is 0 Å². The van der Waals surface area contributed by atoms with Crippen molar-refractivity contribution in [2.75, 3.05) is 34.5 Å². The van der Waals surface area contributed by atoms with E-state index >= 15 is 0 Å². The number of nitrogens with one attached hydrogen (secondary N) is 1. The lowest BCUT2D eigenvalue weighted by Gasteiger charge is -2.18. The van der Waals surface area contributed by atoms with Gasteiger partial charge in [0.2, 0.25) is 0 Å². The lowest BCUT2D eigenvalue weighted by molar-refractivity contribution is -0.143. The zero-order chi connectivity index (χ0) is 13.4. The van der Waals surface area contributed by atoms with Crippen LogP contribution in [0, 0.1) is 0 Å². The first-order chi connectivity index (χ1) is 8.74. The van der Waals surface area contributed by atoms with Crippen LogP contribution in [0.5, 0.6) is 5.75 Å². The number of carbonyl (C=O) groups is 1. The van der Waals surface area contributed by atoms with E-state index in [2.05, 4.69) is 5.32 Å². The second-order valence-electron chi connectivity index (χ2n) is 3.65. The van der Waals surface area contributed by atoms with Gasteiger partial charge in [0.15, 0.2) is 0 Å².